The molecular weight excluding hydrogens is 288 g/mol. The number of benzene rings is 1. The van der Waals surface area contributed by atoms with Crippen molar-refractivity contribution in [1.29, 1.82) is 0 Å². The molecule has 0 bridgehead atoms. The molecule has 5 heteroatoms. The number of aromatic nitrogens is 3. The molecule has 3 aromatic rings. The van der Waals surface area contributed by atoms with Gasteiger partial charge >= 0.3 is 0 Å². The molecule has 0 aliphatic rings. The predicted octanol–water partition coefficient (Wildman–Crippen LogP) is 2.51. The highest BCUT2D eigenvalue weighted by Gasteiger charge is 2.17. The highest BCUT2D eigenvalue weighted by Crippen LogP contribution is 2.20. The van der Waals surface area contributed by atoms with Gasteiger partial charge < -0.3 is 10.3 Å². The number of nitrogens with zero attached hydrogens (tertiary/aromatic N) is 3. The number of hydrogen-bond acceptors (Lipinski definition) is 4. The number of pyridine rings is 1. The molecule has 23 heavy (non-hydrogen) atoms. The van der Waals surface area contributed by atoms with E-state index in [9.17, 15) is 4.79 Å². The molecule has 0 unspecified atom stereocenters. The van der Waals surface area contributed by atoms with Gasteiger partial charge in [0.2, 0.25) is 5.78 Å². The van der Waals surface area contributed by atoms with E-state index in [0.29, 0.717) is 23.4 Å². The quantitative estimate of drug-likeness (QED) is 0.735. The van der Waals surface area contributed by atoms with Crippen molar-refractivity contribution in [3.8, 4) is 5.69 Å². The van der Waals surface area contributed by atoms with Crippen molar-refractivity contribution < 1.29 is 4.79 Å². The number of hydrogen-bond donors (Lipinski definition) is 1. The van der Waals surface area contributed by atoms with E-state index < -0.39 is 0 Å². The minimum atomic E-state index is -0.132. The molecule has 3 rings (SSSR count). The lowest BCUT2D eigenvalue weighted by atomic mass is 10.1. The molecule has 0 saturated heterocycles. The van der Waals surface area contributed by atoms with Gasteiger partial charge in [0.05, 0.1) is 5.69 Å². The Morgan fingerprint density at radius 2 is 1.87 bits per heavy atom. The van der Waals surface area contributed by atoms with E-state index in [0.717, 1.165) is 11.5 Å². The van der Waals surface area contributed by atoms with Crippen molar-refractivity contribution in [2.75, 3.05) is 0 Å². The van der Waals surface area contributed by atoms with Crippen LogP contribution < -0.4 is 5.73 Å². The Labute approximate surface area is 134 Å². The third-order valence-electron chi connectivity index (χ3n) is 3.41. The number of carbonyl (C=O) groups excluding carboxylic acids is 1. The smallest absolute Gasteiger partial charge is 0.213 e. The summed E-state index contributed by atoms with van der Waals surface area (Å²) in [5, 5.41) is 0. The molecule has 2 heterocycles. The fourth-order valence-corrected chi connectivity index (χ4v) is 2.40. The van der Waals surface area contributed by atoms with Gasteiger partial charge in [-0.15, -0.1) is 0 Å². The van der Waals surface area contributed by atoms with Gasteiger partial charge in [0.25, 0.3) is 0 Å². The minimum Gasteiger partial charge on any atom is -0.402 e. The van der Waals surface area contributed by atoms with Crippen LogP contribution in [0, 0.1) is 0 Å². The lowest BCUT2D eigenvalue weighted by Crippen LogP contribution is -2.11. The molecule has 0 aliphatic carbocycles. The first-order valence-electron chi connectivity index (χ1n) is 7.17. The highest BCUT2D eigenvalue weighted by atomic mass is 16.1. The lowest BCUT2D eigenvalue weighted by molar-refractivity contribution is 0.103. The van der Waals surface area contributed by atoms with Gasteiger partial charge in [0, 0.05) is 36.3 Å². The number of rotatable bonds is 5. The summed E-state index contributed by atoms with van der Waals surface area (Å²) in [5.41, 5.74) is 7.93. The molecule has 1 aromatic carbocycles. The largest absolute Gasteiger partial charge is 0.402 e. The van der Waals surface area contributed by atoms with E-state index in [-0.39, 0.29) is 5.78 Å². The predicted molar refractivity (Wildman–Crippen MR) is 88.3 cm³/mol. The molecule has 5 nitrogen and oxygen atoms in total. The summed E-state index contributed by atoms with van der Waals surface area (Å²) >= 11 is 0. The second-order valence-corrected chi connectivity index (χ2v) is 5.11. The number of nitrogens with two attached hydrogens (primary N) is 1. The fraction of sp³-hybridized carbons (Fsp3) is 0.0556. The number of ketones is 1. The van der Waals surface area contributed by atoms with Gasteiger partial charge in [-0.25, -0.2) is 4.98 Å². The van der Waals surface area contributed by atoms with E-state index in [2.05, 4.69) is 16.5 Å². The maximum absolute atomic E-state index is 12.8. The zero-order chi connectivity index (χ0) is 16.2. The minimum absolute atomic E-state index is 0.132. The Kier molecular flexibility index (Phi) is 4.01. The maximum atomic E-state index is 12.8. The van der Waals surface area contributed by atoms with Crippen LogP contribution in [-0.2, 0) is 6.42 Å². The second-order valence-electron chi connectivity index (χ2n) is 5.11. The standard InChI is InChI=1S/C18H16N4O/c1-13(19)12-17-21-10-11-22(17)16-8-3-2-6-14(16)18(23)15-7-4-5-9-20-15/h2-11H,1,12,19H2. The third kappa shape index (κ3) is 3.03. The summed E-state index contributed by atoms with van der Waals surface area (Å²) in [7, 11) is 0. The Morgan fingerprint density at radius 3 is 2.61 bits per heavy atom. The fourth-order valence-electron chi connectivity index (χ4n) is 2.40. The molecular formula is C18H16N4O. The summed E-state index contributed by atoms with van der Waals surface area (Å²) in [6, 6.07) is 12.7. The molecule has 0 fully saturated rings. The molecule has 0 saturated carbocycles. The third-order valence-corrected chi connectivity index (χ3v) is 3.41. The molecule has 0 spiro atoms. The van der Waals surface area contributed by atoms with Crippen LogP contribution in [0.25, 0.3) is 5.69 Å². The van der Waals surface area contributed by atoms with Crippen LogP contribution in [0.3, 0.4) is 0 Å². The van der Waals surface area contributed by atoms with Crippen LogP contribution >= 0.6 is 0 Å². The highest BCUT2D eigenvalue weighted by molar-refractivity contribution is 6.10. The first kappa shape index (κ1) is 14.7. The lowest BCUT2D eigenvalue weighted by Gasteiger charge is -2.12. The van der Waals surface area contributed by atoms with Gasteiger partial charge in [-0.05, 0) is 24.3 Å². The first-order valence-corrected chi connectivity index (χ1v) is 7.17. The summed E-state index contributed by atoms with van der Waals surface area (Å²) in [6.07, 6.45) is 5.54. The van der Waals surface area contributed by atoms with E-state index in [4.69, 9.17) is 5.73 Å². The normalized spacial score (nSPS) is 10.4. The molecule has 114 valence electrons. The van der Waals surface area contributed by atoms with Crippen molar-refractivity contribution in [3.05, 3.63) is 90.4 Å². The van der Waals surface area contributed by atoms with E-state index in [1.807, 2.05) is 29.0 Å². The van der Waals surface area contributed by atoms with E-state index >= 15 is 0 Å². The number of para-hydroxylation sites is 1. The number of imidazole rings is 1. The zero-order valence-corrected chi connectivity index (χ0v) is 12.5. The summed E-state index contributed by atoms with van der Waals surface area (Å²) in [4.78, 5) is 21.2. The molecule has 0 atom stereocenters. The maximum Gasteiger partial charge on any atom is 0.213 e. The van der Waals surface area contributed by atoms with Crippen molar-refractivity contribution in [2.45, 2.75) is 6.42 Å². The van der Waals surface area contributed by atoms with Gasteiger partial charge in [0.1, 0.15) is 11.5 Å². The van der Waals surface area contributed by atoms with Crippen molar-refractivity contribution in [2.24, 2.45) is 5.73 Å². The summed E-state index contributed by atoms with van der Waals surface area (Å²) in [6.45, 7) is 3.72. The van der Waals surface area contributed by atoms with Crippen LogP contribution in [0.5, 0.6) is 0 Å². The Bertz CT molecular complexity index is 852. The van der Waals surface area contributed by atoms with Gasteiger partial charge in [-0.1, -0.05) is 24.8 Å². The van der Waals surface area contributed by atoms with Crippen LogP contribution in [0.4, 0.5) is 0 Å². The molecule has 0 radical (unpaired) electrons. The van der Waals surface area contributed by atoms with E-state index in [1.54, 1.807) is 36.7 Å². The Morgan fingerprint density at radius 1 is 1.09 bits per heavy atom. The summed E-state index contributed by atoms with van der Waals surface area (Å²) < 4.78 is 1.86. The second kappa shape index (κ2) is 6.27. The Balaban J connectivity index is 2.07. The average Bonchev–Trinajstić information content (AvgIpc) is 3.02. The van der Waals surface area contributed by atoms with Crippen molar-refractivity contribution in [1.82, 2.24) is 14.5 Å². The molecule has 0 amide bonds. The van der Waals surface area contributed by atoms with Crippen molar-refractivity contribution in [3.63, 3.8) is 0 Å². The van der Waals surface area contributed by atoms with Crippen LogP contribution in [0.2, 0.25) is 0 Å². The molecule has 0 aliphatic heterocycles. The van der Waals surface area contributed by atoms with Crippen LogP contribution in [0.15, 0.2) is 73.3 Å². The monoisotopic (exact) mass is 304 g/mol. The Hall–Kier alpha value is -3.21. The van der Waals surface area contributed by atoms with Crippen LogP contribution in [0.1, 0.15) is 21.9 Å². The number of allylic oxidation sites excluding steroid dienone is 1. The molecule has 2 aromatic heterocycles. The summed E-state index contributed by atoms with van der Waals surface area (Å²) in [5.74, 6) is 0.603. The average molecular weight is 304 g/mol. The van der Waals surface area contributed by atoms with Crippen molar-refractivity contribution >= 4 is 5.78 Å². The molecule has 2 N–H and O–H groups in total. The first-order chi connectivity index (χ1) is 11.2. The topological polar surface area (TPSA) is 73.8 Å². The SMILES string of the molecule is C=C(N)Cc1nccn1-c1ccccc1C(=O)c1ccccn1. The zero-order valence-electron chi connectivity index (χ0n) is 12.5. The van der Waals surface area contributed by atoms with Gasteiger partial charge in [0.15, 0.2) is 0 Å². The van der Waals surface area contributed by atoms with Crippen LogP contribution in [-0.4, -0.2) is 20.3 Å². The number of carbonyl (C=O) groups is 1. The van der Waals surface area contributed by atoms with E-state index in [1.165, 1.54) is 0 Å². The van der Waals surface area contributed by atoms with Gasteiger partial charge in [-0.3, -0.25) is 9.78 Å². The van der Waals surface area contributed by atoms with Gasteiger partial charge in [-0.2, -0.15) is 0 Å².